The van der Waals surface area contributed by atoms with Crippen LogP contribution < -0.4 is 5.32 Å². The minimum absolute atomic E-state index is 0.0611. The normalized spacial score (nSPS) is 11.6. The first kappa shape index (κ1) is 25.5. The minimum Gasteiger partial charge on any atom is -0.354 e. The second kappa shape index (κ2) is 13.0. The highest BCUT2D eigenvalue weighted by Gasteiger charge is 2.30. The van der Waals surface area contributed by atoms with E-state index in [4.69, 9.17) is 11.6 Å². The number of amides is 2. The number of hydrogen-bond donors (Lipinski definition) is 1. The zero-order valence-electron chi connectivity index (χ0n) is 20.0. The number of nitrogens with zero attached hydrogens (tertiary/aromatic N) is 1. The molecule has 3 aromatic carbocycles. The molecule has 0 saturated carbocycles. The highest BCUT2D eigenvalue weighted by atomic mass is 35.5. The van der Waals surface area contributed by atoms with Gasteiger partial charge in [-0.2, -0.15) is 0 Å². The zero-order valence-corrected chi connectivity index (χ0v) is 20.7. The molecule has 0 saturated heterocycles. The summed E-state index contributed by atoms with van der Waals surface area (Å²) < 4.78 is 0. The first-order valence-corrected chi connectivity index (χ1v) is 12.3. The first-order chi connectivity index (χ1) is 16.5. The van der Waals surface area contributed by atoms with Gasteiger partial charge in [-0.1, -0.05) is 96.9 Å². The summed E-state index contributed by atoms with van der Waals surface area (Å²) in [5.41, 5.74) is 4.08. The van der Waals surface area contributed by atoms with Gasteiger partial charge < -0.3 is 10.2 Å². The highest BCUT2D eigenvalue weighted by molar-refractivity contribution is 6.31. The Balaban J connectivity index is 1.90. The van der Waals surface area contributed by atoms with Gasteiger partial charge in [0.15, 0.2) is 0 Å². The highest BCUT2D eigenvalue weighted by Crippen LogP contribution is 2.20. The lowest BCUT2D eigenvalue weighted by atomic mass is 10.0. The molecule has 178 valence electrons. The molecular formula is C29H33ClN2O2. The van der Waals surface area contributed by atoms with Crippen LogP contribution in [0.2, 0.25) is 5.02 Å². The molecule has 0 radical (unpaired) electrons. The number of carbonyl (C=O) groups is 2. The summed E-state index contributed by atoms with van der Waals surface area (Å²) in [5.74, 6) is -0.182. The van der Waals surface area contributed by atoms with Crippen LogP contribution in [0, 0.1) is 6.92 Å². The van der Waals surface area contributed by atoms with Crippen LogP contribution >= 0.6 is 11.6 Å². The first-order valence-electron chi connectivity index (χ1n) is 11.9. The van der Waals surface area contributed by atoms with E-state index in [2.05, 4.69) is 11.4 Å². The fourth-order valence-corrected chi connectivity index (χ4v) is 4.24. The maximum atomic E-state index is 13.6. The van der Waals surface area contributed by atoms with Crippen molar-refractivity contribution in [2.75, 3.05) is 6.54 Å². The van der Waals surface area contributed by atoms with Gasteiger partial charge in [-0.25, -0.2) is 0 Å². The van der Waals surface area contributed by atoms with Crippen LogP contribution in [0.3, 0.4) is 0 Å². The molecule has 0 aromatic heterocycles. The number of aryl methyl sites for hydroxylation is 2. The fourth-order valence-electron chi connectivity index (χ4n) is 4.01. The van der Waals surface area contributed by atoms with Crippen molar-refractivity contribution in [3.05, 3.63) is 106 Å². The monoisotopic (exact) mass is 476 g/mol. The SMILES string of the molecule is CCCNC(=O)C(Cc1ccccc1)N(Cc1cccc(C)c1)C(=O)CCc1ccccc1Cl. The van der Waals surface area contributed by atoms with Gasteiger partial charge in [-0.3, -0.25) is 9.59 Å². The van der Waals surface area contributed by atoms with Gasteiger partial charge in [0.05, 0.1) is 0 Å². The molecule has 0 fully saturated rings. The van der Waals surface area contributed by atoms with Crippen molar-refractivity contribution in [2.45, 2.75) is 52.1 Å². The fraction of sp³-hybridized carbons (Fsp3) is 0.310. The average molecular weight is 477 g/mol. The largest absolute Gasteiger partial charge is 0.354 e. The molecule has 0 aliphatic rings. The smallest absolute Gasteiger partial charge is 0.243 e. The average Bonchev–Trinajstić information content (AvgIpc) is 2.84. The Kier molecular flexibility index (Phi) is 9.72. The van der Waals surface area contributed by atoms with Crippen molar-refractivity contribution >= 4 is 23.4 Å². The third-order valence-electron chi connectivity index (χ3n) is 5.82. The van der Waals surface area contributed by atoms with E-state index >= 15 is 0 Å². The van der Waals surface area contributed by atoms with Crippen LogP contribution in [0.4, 0.5) is 0 Å². The predicted molar refractivity (Wildman–Crippen MR) is 139 cm³/mol. The lowest BCUT2D eigenvalue weighted by Crippen LogP contribution is -2.50. The standard InChI is InChI=1S/C29H33ClN2O2/c1-3-18-31-29(34)27(20-23-11-5-4-6-12-23)32(21-24-13-9-10-22(2)19-24)28(33)17-16-25-14-7-8-15-26(25)30/h4-15,19,27H,3,16-18,20-21H2,1-2H3,(H,31,34). The van der Waals surface area contributed by atoms with Crippen LogP contribution in [0.15, 0.2) is 78.9 Å². The molecule has 3 rings (SSSR count). The van der Waals surface area contributed by atoms with Gasteiger partial charge in [0.2, 0.25) is 11.8 Å². The molecule has 1 atom stereocenters. The van der Waals surface area contributed by atoms with Crippen molar-refractivity contribution < 1.29 is 9.59 Å². The molecule has 5 heteroatoms. The van der Waals surface area contributed by atoms with E-state index in [1.807, 2.05) is 86.6 Å². The van der Waals surface area contributed by atoms with Crippen LogP contribution in [0.25, 0.3) is 0 Å². The third-order valence-corrected chi connectivity index (χ3v) is 6.19. The van der Waals surface area contributed by atoms with Crippen molar-refractivity contribution in [3.8, 4) is 0 Å². The molecular weight excluding hydrogens is 444 g/mol. The Morgan fingerprint density at radius 1 is 0.941 bits per heavy atom. The number of nitrogens with one attached hydrogen (secondary N) is 1. The van der Waals surface area contributed by atoms with Crippen molar-refractivity contribution in [1.82, 2.24) is 10.2 Å². The summed E-state index contributed by atoms with van der Waals surface area (Å²) in [6, 6.07) is 24.9. The van der Waals surface area contributed by atoms with E-state index in [0.717, 1.165) is 28.7 Å². The molecule has 4 nitrogen and oxygen atoms in total. The van der Waals surface area contributed by atoms with Gasteiger partial charge in [-0.05, 0) is 42.5 Å². The van der Waals surface area contributed by atoms with Crippen LogP contribution in [0.1, 0.15) is 42.0 Å². The molecule has 1 unspecified atom stereocenters. The summed E-state index contributed by atoms with van der Waals surface area (Å²) in [5, 5.41) is 3.67. The van der Waals surface area contributed by atoms with E-state index in [0.29, 0.717) is 31.0 Å². The van der Waals surface area contributed by atoms with Crippen molar-refractivity contribution in [2.24, 2.45) is 0 Å². The molecule has 0 heterocycles. The van der Waals surface area contributed by atoms with Gasteiger partial charge in [0.25, 0.3) is 0 Å². The summed E-state index contributed by atoms with van der Waals surface area (Å²) in [6.45, 7) is 5.00. The molecule has 0 aliphatic heterocycles. The van der Waals surface area contributed by atoms with E-state index in [-0.39, 0.29) is 18.2 Å². The molecule has 34 heavy (non-hydrogen) atoms. The lowest BCUT2D eigenvalue weighted by molar-refractivity contribution is -0.141. The third kappa shape index (κ3) is 7.46. The summed E-state index contributed by atoms with van der Waals surface area (Å²) in [4.78, 5) is 28.7. The molecule has 2 amide bonds. The van der Waals surface area contributed by atoms with Gasteiger partial charge in [0, 0.05) is 31.0 Å². The maximum absolute atomic E-state index is 13.6. The van der Waals surface area contributed by atoms with Gasteiger partial charge in [0.1, 0.15) is 6.04 Å². The molecule has 1 N–H and O–H groups in total. The van der Waals surface area contributed by atoms with Crippen LogP contribution in [0.5, 0.6) is 0 Å². The molecule has 0 bridgehead atoms. The number of rotatable bonds is 11. The Labute approximate surface area is 207 Å². The summed E-state index contributed by atoms with van der Waals surface area (Å²) in [7, 11) is 0. The Bertz CT molecular complexity index is 1080. The van der Waals surface area contributed by atoms with Gasteiger partial charge >= 0.3 is 0 Å². The molecule has 3 aromatic rings. The van der Waals surface area contributed by atoms with Crippen molar-refractivity contribution in [1.29, 1.82) is 0 Å². The minimum atomic E-state index is -0.604. The quantitative estimate of drug-likeness (QED) is 0.383. The Morgan fingerprint density at radius 2 is 1.65 bits per heavy atom. The predicted octanol–water partition coefficient (Wildman–Crippen LogP) is 5.75. The van der Waals surface area contributed by atoms with Crippen LogP contribution in [-0.4, -0.2) is 29.3 Å². The number of benzene rings is 3. The van der Waals surface area contributed by atoms with Crippen molar-refractivity contribution in [3.63, 3.8) is 0 Å². The molecule has 0 spiro atoms. The van der Waals surface area contributed by atoms with E-state index < -0.39 is 6.04 Å². The second-order valence-electron chi connectivity index (χ2n) is 8.60. The number of hydrogen-bond acceptors (Lipinski definition) is 2. The summed E-state index contributed by atoms with van der Waals surface area (Å²) in [6.07, 6.45) is 2.10. The molecule has 0 aliphatic carbocycles. The van der Waals surface area contributed by atoms with E-state index in [9.17, 15) is 9.59 Å². The Hall–Kier alpha value is -3.11. The maximum Gasteiger partial charge on any atom is 0.243 e. The summed E-state index contributed by atoms with van der Waals surface area (Å²) >= 11 is 6.32. The zero-order chi connectivity index (χ0) is 24.3. The topological polar surface area (TPSA) is 49.4 Å². The van der Waals surface area contributed by atoms with E-state index in [1.54, 1.807) is 4.90 Å². The van der Waals surface area contributed by atoms with E-state index in [1.165, 1.54) is 0 Å². The Morgan fingerprint density at radius 3 is 2.35 bits per heavy atom. The van der Waals surface area contributed by atoms with Crippen LogP contribution in [-0.2, 0) is 29.0 Å². The van der Waals surface area contributed by atoms with Gasteiger partial charge in [-0.15, -0.1) is 0 Å². The second-order valence-corrected chi connectivity index (χ2v) is 9.01. The lowest BCUT2D eigenvalue weighted by Gasteiger charge is -2.32. The number of carbonyl (C=O) groups excluding carboxylic acids is 2. The number of halogens is 1.